The van der Waals surface area contributed by atoms with Gasteiger partial charge in [0.15, 0.2) is 0 Å². The fourth-order valence-corrected chi connectivity index (χ4v) is 2.61. The van der Waals surface area contributed by atoms with Crippen LogP contribution in [0.1, 0.15) is 10.4 Å². The molecule has 1 aromatic heterocycles. The van der Waals surface area contributed by atoms with Crippen molar-refractivity contribution in [1.82, 2.24) is 9.55 Å². The number of hydrogen-bond acceptors (Lipinski definition) is 4. The van der Waals surface area contributed by atoms with E-state index < -0.39 is 5.97 Å². The number of hydrogen-bond donors (Lipinski definition) is 0. The van der Waals surface area contributed by atoms with Crippen molar-refractivity contribution in [2.45, 2.75) is 0 Å². The quantitative estimate of drug-likeness (QED) is 0.525. The van der Waals surface area contributed by atoms with Gasteiger partial charge in [-0.2, -0.15) is 0 Å². The van der Waals surface area contributed by atoms with E-state index in [0.29, 0.717) is 27.2 Å². The maximum Gasteiger partial charge on any atom is 0.337 e. The second kappa shape index (κ2) is 6.02. The van der Waals surface area contributed by atoms with E-state index in [4.69, 9.17) is 23.2 Å². The van der Waals surface area contributed by atoms with Crippen molar-refractivity contribution in [2.75, 3.05) is 7.11 Å². The lowest BCUT2D eigenvalue weighted by atomic mass is 10.1. The number of benzene rings is 2. The Morgan fingerprint density at radius 2 is 1.83 bits per heavy atom. The zero-order valence-corrected chi connectivity index (χ0v) is 13.4. The Balaban J connectivity index is 2.24. The van der Waals surface area contributed by atoms with Crippen LogP contribution in [0.2, 0.25) is 10.3 Å². The molecule has 0 bridgehead atoms. The maximum atomic E-state index is 12.7. The van der Waals surface area contributed by atoms with Gasteiger partial charge in [0, 0.05) is 5.02 Å². The molecule has 0 atom stereocenters. The number of carbonyl (C=O) groups excluding carboxylic acids is 1. The smallest absolute Gasteiger partial charge is 0.337 e. The maximum absolute atomic E-state index is 12.7. The number of halogens is 2. The molecule has 3 aromatic rings. The highest BCUT2D eigenvalue weighted by Gasteiger charge is 2.14. The van der Waals surface area contributed by atoms with Gasteiger partial charge in [-0.1, -0.05) is 11.6 Å². The first-order chi connectivity index (χ1) is 11.0. The number of carbonyl (C=O) groups is 1. The Labute approximate surface area is 141 Å². The molecule has 0 spiro atoms. The van der Waals surface area contributed by atoms with Crippen LogP contribution >= 0.6 is 23.2 Å². The summed E-state index contributed by atoms with van der Waals surface area (Å²) >= 11 is 12.0. The van der Waals surface area contributed by atoms with E-state index >= 15 is 0 Å². The molecule has 0 saturated heterocycles. The number of rotatable bonds is 2. The van der Waals surface area contributed by atoms with Gasteiger partial charge in [0.1, 0.15) is 0 Å². The lowest BCUT2D eigenvalue weighted by molar-refractivity contribution is 0.0601. The highest BCUT2D eigenvalue weighted by atomic mass is 35.5. The number of methoxy groups -OCH3 is 1. The van der Waals surface area contributed by atoms with Crippen LogP contribution < -0.4 is 5.56 Å². The van der Waals surface area contributed by atoms with Gasteiger partial charge in [-0.3, -0.25) is 9.36 Å². The summed E-state index contributed by atoms with van der Waals surface area (Å²) in [6.45, 7) is 0. The normalized spacial score (nSPS) is 10.7. The van der Waals surface area contributed by atoms with Crippen LogP contribution in [-0.2, 0) is 4.74 Å². The highest BCUT2D eigenvalue weighted by Crippen LogP contribution is 2.19. The molecule has 3 rings (SSSR count). The summed E-state index contributed by atoms with van der Waals surface area (Å²) in [6, 6.07) is 11.2. The van der Waals surface area contributed by atoms with Crippen molar-refractivity contribution < 1.29 is 9.53 Å². The van der Waals surface area contributed by atoms with E-state index in [1.807, 2.05) is 0 Å². The summed E-state index contributed by atoms with van der Waals surface area (Å²) in [4.78, 5) is 28.4. The number of aromatic nitrogens is 2. The summed E-state index contributed by atoms with van der Waals surface area (Å²) in [6.07, 6.45) is 0. The van der Waals surface area contributed by atoms with Gasteiger partial charge in [-0.15, -0.1) is 0 Å². The molecule has 0 unspecified atom stereocenters. The molecule has 0 radical (unpaired) electrons. The summed E-state index contributed by atoms with van der Waals surface area (Å²) in [5, 5.41) is 0.887. The summed E-state index contributed by atoms with van der Waals surface area (Å²) in [7, 11) is 1.28. The van der Waals surface area contributed by atoms with Gasteiger partial charge >= 0.3 is 5.97 Å². The van der Waals surface area contributed by atoms with Gasteiger partial charge in [0.25, 0.3) is 5.56 Å². The van der Waals surface area contributed by atoms with Gasteiger partial charge in [-0.05, 0) is 54.1 Å². The van der Waals surface area contributed by atoms with E-state index in [1.54, 1.807) is 24.3 Å². The minimum atomic E-state index is -0.508. The van der Waals surface area contributed by atoms with Gasteiger partial charge in [0.05, 0.1) is 29.3 Å². The Morgan fingerprint density at radius 1 is 1.13 bits per heavy atom. The molecule has 23 heavy (non-hydrogen) atoms. The topological polar surface area (TPSA) is 61.2 Å². The summed E-state index contributed by atoms with van der Waals surface area (Å²) in [5.74, 6) is -0.508. The molecule has 0 aliphatic heterocycles. The molecule has 0 amide bonds. The molecule has 0 fully saturated rings. The van der Waals surface area contributed by atoms with Crippen molar-refractivity contribution >= 4 is 40.1 Å². The largest absolute Gasteiger partial charge is 0.465 e. The van der Waals surface area contributed by atoms with Crippen molar-refractivity contribution in [1.29, 1.82) is 0 Å². The van der Waals surface area contributed by atoms with Crippen molar-refractivity contribution in [3.8, 4) is 5.69 Å². The second-order valence-corrected chi connectivity index (χ2v) is 5.50. The SMILES string of the molecule is COC(=O)c1ccc2c(=O)n(-c3ccc(Cl)cc3)c(Cl)nc2c1. The predicted octanol–water partition coefficient (Wildman–Crippen LogP) is 3.48. The Kier molecular flexibility index (Phi) is 4.07. The minimum Gasteiger partial charge on any atom is -0.465 e. The van der Waals surface area contributed by atoms with E-state index in [-0.39, 0.29) is 10.8 Å². The molecular weight excluding hydrogens is 339 g/mol. The van der Waals surface area contributed by atoms with Crippen LogP contribution in [-0.4, -0.2) is 22.6 Å². The van der Waals surface area contributed by atoms with Gasteiger partial charge in [0.2, 0.25) is 5.28 Å². The zero-order chi connectivity index (χ0) is 16.6. The van der Waals surface area contributed by atoms with Crippen molar-refractivity contribution in [3.63, 3.8) is 0 Å². The number of fused-ring (bicyclic) bond motifs is 1. The number of nitrogens with zero attached hydrogens (tertiary/aromatic N) is 2. The third-order valence-corrected chi connectivity index (χ3v) is 3.84. The fraction of sp³-hybridized carbons (Fsp3) is 0.0625. The first kappa shape index (κ1) is 15.5. The summed E-state index contributed by atoms with van der Waals surface area (Å²) < 4.78 is 5.93. The Morgan fingerprint density at radius 3 is 2.48 bits per heavy atom. The van der Waals surface area contributed by atoms with E-state index in [0.717, 1.165) is 0 Å². The molecule has 5 nitrogen and oxygen atoms in total. The van der Waals surface area contributed by atoms with Crippen molar-refractivity contribution in [3.05, 3.63) is 68.7 Å². The highest BCUT2D eigenvalue weighted by molar-refractivity contribution is 6.30. The van der Waals surface area contributed by atoms with Gasteiger partial charge < -0.3 is 4.74 Å². The average Bonchev–Trinajstić information content (AvgIpc) is 2.55. The van der Waals surface area contributed by atoms with Crippen LogP contribution in [0, 0.1) is 0 Å². The minimum absolute atomic E-state index is 0.00756. The molecule has 0 aliphatic rings. The third kappa shape index (κ3) is 2.81. The van der Waals surface area contributed by atoms with Crippen LogP contribution in [0.4, 0.5) is 0 Å². The van der Waals surface area contributed by atoms with Gasteiger partial charge in [-0.25, -0.2) is 9.78 Å². The monoisotopic (exact) mass is 348 g/mol. The molecule has 0 N–H and O–H groups in total. The second-order valence-electron chi connectivity index (χ2n) is 4.72. The van der Waals surface area contributed by atoms with Crippen LogP contribution in [0.25, 0.3) is 16.6 Å². The van der Waals surface area contributed by atoms with E-state index in [1.165, 1.54) is 29.9 Å². The van der Waals surface area contributed by atoms with Crippen molar-refractivity contribution in [2.24, 2.45) is 0 Å². The lowest BCUT2D eigenvalue weighted by Crippen LogP contribution is -2.20. The lowest BCUT2D eigenvalue weighted by Gasteiger charge is -2.10. The Bertz CT molecular complexity index is 965. The third-order valence-electron chi connectivity index (χ3n) is 3.33. The Hall–Kier alpha value is -2.37. The zero-order valence-electron chi connectivity index (χ0n) is 11.9. The molecule has 1 heterocycles. The summed E-state index contributed by atoms with van der Waals surface area (Å²) in [5.41, 5.74) is 0.843. The predicted molar refractivity (Wildman–Crippen MR) is 88.7 cm³/mol. The molecular formula is C16H10Cl2N2O3. The first-order valence-electron chi connectivity index (χ1n) is 6.58. The number of esters is 1. The molecule has 7 heteroatoms. The molecule has 116 valence electrons. The first-order valence-corrected chi connectivity index (χ1v) is 7.33. The van der Waals surface area contributed by atoms with Crippen LogP contribution in [0.15, 0.2) is 47.3 Å². The standard InChI is InChI=1S/C16H10Cl2N2O3/c1-23-15(22)9-2-7-12-13(8-9)19-16(18)20(14(12)21)11-5-3-10(17)4-6-11/h2-8H,1H3. The average molecular weight is 349 g/mol. The molecule has 0 aliphatic carbocycles. The van der Waals surface area contributed by atoms with E-state index in [2.05, 4.69) is 9.72 Å². The molecule has 2 aromatic carbocycles. The fourth-order valence-electron chi connectivity index (χ4n) is 2.22. The van der Waals surface area contributed by atoms with Crippen LogP contribution in [0.3, 0.4) is 0 Å². The molecule has 0 saturated carbocycles. The van der Waals surface area contributed by atoms with E-state index in [9.17, 15) is 9.59 Å². The van der Waals surface area contributed by atoms with Crippen LogP contribution in [0.5, 0.6) is 0 Å². The number of ether oxygens (including phenoxy) is 1.